The van der Waals surface area contributed by atoms with E-state index in [4.69, 9.17) is 10.2 Å². The molecule has 0 aliphatic rings. The Morgan fingerprint density at radius 3 is 1.18 bits per heavy atom. The minimum atomic E-state index is -0.489. The summed E-state index contributed by atoms with van der Waals surface area (Å²) in [6.07, 6.45) is 0. The largest absolute Gasteiger partial charge is 0.508 e. The molecule has 2 aromatic rings. The van der Waals surface area contributed by atoms with Crippen molar-refractivity contribution in [1.29, 1.82) is 0 Å². The van der Waals surface area contributed by atoms with Crippen molar-refractivity contribution >= 4 is 11.9 Å². The van der Waals surface area contributed by atoms with Crippen molar-refractivity contribution in [2.75, 3.05) is 13.2 Å². The lowest BCUT2D eigenvalue weighted by Gasteiger charge is -2.05. The minimum absolute atomic E-state index is 0.0325. The van der Waals surface area contributed by atoms with Crippen molar-refractivity contribution < 1.29 is 29.3 Å². The van der Waals surface area contributed by atoms with Crippen LogP contribution in [0.5, 0.6) is 11.5 Å². The van der Waals surface area contributed by atoms with Gasteiger partial charge in [0.15, 0.2) is 0 Å². The third kappa shape index (κ3) is 13.7. The summed E-state index contributed by atoms with van der Waals surface area (Å²) in [5, 5.41) is 17.3. The first-order valence-corrected chi connectivity index (χ1v) is 8.37. The van der Waals surface area contributed by atoms with Gasteiger partial charge in [-0.15, -0.1) is 0 Å². The zero-order valence-electron chi connectivity index (χ0n) is 16.1. The third-order valence-electron chi connectivity index (χ3n) is 2.76. The summed E-state index contributed by atoms with van der Waals surface area (Å²) >= 11 is 0. The quantitative estimate of drug-likeness (QED) is 0.458. The molecule has 0 aliphatic heterocycles. The second-order valence-corrected chi connectivity index (χ2v) is 5.50. The van der Waals surface area contributed by atoms with E-state index >= 15 is 0 Å². The number of phenols is 2. The van der Waals surface area contributed by atoms with E-state index in [0.29, 0.717) is 22.6 Å². The van der Waals surface area contributed by atoms with Crippen LogP contribution >= 0.6 is 0 Å². The van der Waals surface area contributed by atoms with Gasteiger partial charge in [0, 0.05) is 11.1 Å². The summed E-state index contributed by atoms with van der Waals surface area (Å²) in [5.41, 5.74) is 0.632. The summed E-state index contributed by atoms with van der Waals surface area (Å²) in [6.45, 7) is 9.95. The average molecular weight is 386 g/mol. The Labute approximate surface area is 165 Å². The van der Waals surface area contributed by atoms with E-state index in [1.165, 1.54) is 0 Å². The van der Waals surface area contributed by atoms with Gasteiger partial charge in [-0.1, -0.05) is 49.6 Å². The highest BCUT2D eigenvalue weighted by molar-refractivity contribution is 5.87. The van der Waals surface area contributed by atoms with E-state index in [1.54, 1.807) is 62.4 Å². The zero-order chi connectivity index (χ0) is 21.4. The van der Waals surface area contributed by atoms with Gasteiger partial charge in [0.1, 0.15) is 24.7 Å². The molecule has 28 heavy (non-hydrogen) atoms. The van der Waals surface area contributed by atoms with E-state index in [9.17, 15) is 9.59 Å². The molecule has 0 saturated heterocycles. The topological polar surface area (TPSA) is 93.1 Å². The Morgan fingerprint density at radius 2 is 1.00 bits per heavy atom. The van der Waals surface area contributed by atoms with Gasteiger partial charge in [0.2, 0.25) is 0 Å². The van der Waals surface area contributed by atoms with Crippen LogP contribution in [0, 0.1) is 0 Å². The molecular formula is C22H26O6. The molecule has 6 nitrogen and oxygen atoms in total. The van der Waals surface area contributed by atoms with Crippen LogP contribution in [0.2, 0.25) is 0 Å². The molecule has 150 valence electrons. The van der Waals surface area contributed by atoms with Crippen LogP contribution in [0.4, 0.5) is 0 Å². The van der Waals surface area contributed by atoms with E-state index in [0.717, 1.165) is 0 Å². The van der Waals surface area contributed by atoms with Crippen LogP contribution in [-0.4, -0.2) is 35.4 Å². The maximum atomic E-state index is 10.8. The molecule has 6 heteroatoms. The fraction of sp³-hybridized carbons (Fsp3) is 0.182. The van der Waals surface area contributed by atoms with Crippen LogP contribution in [0.15, 0.2) is 85.0 Å². The molecule has 0 aliphatic carbocycles. The van der Waals surface area contributed by atoms with E-state index in [1.807, 2.05) is 12.1 Å². The lowest BCUT2D eigenvalue weighted by atomic mass is 10.3. The maximum Gasteiger partial charge on any atom is 0.333 e. The molecule has 0 amide bonds. The van der Waals surface area contributed by atoms with Gasteiger partial charge in [-0.3, -0.25) is 0 Å². The molecular weight excluding hydrogens is 360 g/mol. The molecule has 0 unspecified atom stereocenters. The summed E-state index contributed by atoms with van der Waals surface area (Å²) in [5.74, 6) is -0.335. The number of carbonyl (C=O) groups is 2. The first kappa shape index (κ1) is 24.5. The van der Waals surface area contributed by atoms with Crippen molar-refractivity contribution in [3.63, 3.8) is 0 Å². The second kappa shape index (κ2) is 14.6. The molecule has 0 atom stereocenters. The lowest BCUT2D eigenvalue weighted by molar-refractivity contribution is -0.147. The van der Waals surface area contributed by atoms with Crippen LogP contribution in [-0.2, 0) is 19.1 Å². The monoisotopic (exact) mass is 386 g/mol. The number of phenolic OH excluding ortho intramolecular Hbond substituents is 2. The molecule has 0 saturated carbocycles. The molecule has 0 aromatic heterocycles. The highest BCUT2D eigenvalue weighted by Gasteiger charge is 2.05. The van der Waals surface area contributed by atoms with Gasteiger partial charge in [-0.05, 0) is 38.1 Å². The molecule has 2 aromatic carbocycles. The standard InChI is InChI=1S/C10H14O4.2C6H6O/c1-7(2)9(11)13-5-6-14-10(12)8(3)4;2*7-6-4-2-1-3-5-6/h1,3,5-6H2,2,4H3;2*1-5,7H. The number of rotatable bonds is 5. The van der Waals surface area contributed by atoms with Crippen molar-refractivity contribution in [2.24, 2.45) is 0 Å². The molecule has 2 rings (SSSR count). The van der Waals surface area contributed by atoms with Crippen molar-refractivity contribution in [3.8, 4) is 11.5 Å². The number of esters is 2. The second-order valence-electron chi connectivity index (χ2n) is 5.50. The maximum absolute atomic E-state index is 10.8. The first-order chi connectivity index (χ1) is 13.2. The zero-order valence-corrected chi connectivity index (χ0v) is 16.1. The Bertz CT molecular complexity index is 673. The Morgan fingerprint density at radius 1 is 0.714 bits per heavy atom. The van der Waals surface area contributed by atoms with Gasteiger partial charge in [0.25, 0.3) is 0 Å². The molecule has 0 bridgehead atoms. The Hall–Kier alpha value is -3.54. The number of aromatic hydroxyl groups is 2. The fourth-order valence-electron chi connectivity index (χ4n) is 1.37. The highest BCUT2D eigenvalue weighted by Crippen LogP contribution is 2.03. The van der Waals surface area contributed by atoms with E-state index in [2.05, 4.69) is 22.6 Å². The van der Waals surface area contributed by atoms with Gasteiger partial charge < -0.3 is 19.7 Å². The Balaban J connectivity index is 0.000000431. The molecule has 2 N–H and O–H groups in total. The number of hydrogen-bond acceptors (Lipinski definition) is 6. The fourth-order valence-corrected chi connectivity index (χ4v) is 1.37. The smallest absolute Gasteiger partial charge is 0.333 e. The molecule has 0 fully saturated rings. The van der Waals surface area contributed by atoms with E-state index in [-0.39, 0.29) is 13.2 Å². The third-order valence-corrected chi connectivity index (χ3v) is 2.76. The molecule has 0 heterocycles. The number of para-hydroxylation sites is 2. The highest BCUT2D eigenvalue weighted by atomic mass is 16.6. The summed E-state index contributed by atoms with van der Waals surface area (Å²) in [4.78, 5) is 21.7. The Kier molecular flexibility index (Phi) is 12.8. The molecule has 0 radical (unpaired) electrons. The lowest BCUT2D eigenvalue weighted by Crippen LogP contribution is -2.14. The number of benzene rings is 2. The summed E-state index contributed by atoms with van der Waals surface area (Å²) in [7, 11) is 0. The normalized spacial score (nSPS) is 8.79. The molecule has 0 spiro atoms. The average Bonchev–Trinajstić information content (AvgIpc) is 2.67. The van der Waals surface area contributed by atoms with Crippen LogP contribution in [0.3, 0.4) is 0 Å². The van der Waals surface area contributed by atoms with Crippen LogP contribution in [0.1, 0.15) is 13.8 Å². The van der Waals surface area contributed by atoms with E-state index < -0.39 is 11.9 Å². The van der Waals surface area contributed by atoms with Crippen LogP contribution < -0.4 is 0 Å². The summed E-state index contributed by atoms with van der Waals surface area (Å²) < 4.78 is 9.38. The predicted molar refractivity (Wildman–Crippen MR) is 108 cm³/mol. The number of ether oxygens (including phenoxy) is 2. The summed E-state index contributed by atoms with van der Waals surface area (Å²) in [6, 6.07) is 17.4. The van der Waals surface area contributed by atoms with Gasteiger partial charge in [-0.25, -0.2) is 9.59 Å². The van der Waals surface area contributed by atoms with Crippen molar-refractivity contribution in [1.82, 2.24) is 0 Å². The van der Waals surface area contributed by atoms with Crippen molar-refractivity contribution in [3.05, 3.63) is 85.0 Å². The number of hydrogen-bond donors (Lipinski definition) is 2. The van der Waals surface area contributed by atoms with Gasteiger partial charge >= 0.3 is 11.9 Å². The predicted octanol–water partition coefficient (Wildman–Crippen LogP) is 4.01. The SMILES string of the molecule is C=C(C)C(=O)OCCOC(=O)C(=C)C.Oc1ccccc1.Oc1ccccc1. The minimum Gasteiger partial charge on any atom is -0.508 e. The van der Waals surface area contributed by atoms with Crippen LogP contribution in [0.25, 0.3) is 0 Å². The van der Waals surface area contributed by atoms with Gasteiger partial charge in [-0.2, -0.15) is 0 Å². The van der Waals surface area contributed by atoms with Crippen molar-refractivity contribution in [2.45, 2.75) is 13.8 Å². The first-order valence-electron chi connectivity index (χ1n) is 8.37. The van der Waals surface area contributed by atoms with Gasteiger partial charge in [0.05, 0.1) is 0 Å². The number of carbonyl (C=O) groups excluding carboxylic acids is 2.